The summed E-state index contributed by atoms with van der Waals surface area (Å²) in [6.07, 6.45) is 3.26. The van der Waals surface area contributed by atoms with E-state index in [0.29, 0.717) is 5.13 Å². The molecule has 3 aromatic rings. The maximum absolute atomic E-state index is 11.9. The molecule has 0 fully saturated rings. The fourth-order valence-electron chi connectivity index (χ4n) is 1.92. The van der Waals surface area contributed by atoms with E-state index in [1.165, 1.54) is 23.0 Å². The lowest BCUT2D eigenvalue weighted by atomic mass is 10.2. The van der Waals surface area contributed by atoms with E-state index < -0.39 is 0 Å². The summed E-state index contributed by atoms with van der Waals surface area (Å²) < 4.78 is 0.834. The van der Waals surface area contributed by atoms with Gasteiger partial charge in [-0.15, -0.1) is 10.2 Å². The summed E-state index contributed by atoms with van der Waals surface area (Å²) in [5.41, 5.74) is 2.21. The van der Waals surface area contributed by atoms with Crippen LogP contribution in [0.15, 0.2) is 71.1 Å². The van der Waals surface area contributed by atoms with E-state index in [1.807, 2.05) is 48.5 Å². The van der Waals surface area contributed by atoms with Crippen molar-refractivity contribution in [1.82, 2.24) is 10.2 Å². The molecule has 0 aliphatic carbocycles. The Balaban J connectivity index is 1.52. The van der Waals surface area contributed by atoms with Gasteiger partial charge in [0.2, 0.25) is 11.0 Å². The summed E-state index contributed by atoms with van der Waals surface area (Å²) in [5, 5.41) is 11.3. The van der Waals surface area contributed by atoms with Gasteiger partial charge in [0.25, 0.3) is 0 Å². The van der Waals surface area contributed by atoms with Gasteiger partial charge in [-0.1, -0.05) is 83.8 Å². The topological polar surface area (TPSA) is 54.9 Å². The number of carbonyl (C=O) groups excluding carboxylic acids is 1. The van der Waals surface area contributed by atoms with Crippen LogP contribution in [-0.4, -0.2) is 16.1 Å². The fraction of sp³-hybridized carbons (Fsp3) is 0.0556. The lowest BCUT2D eigenvalue weighted by Crippen LogP contribution is -2.07. The van der Waals surface area contributed by atoms with E-state index in [1.54, 1.807) is 17.8 Å². The molecule has 24 heavy (non-hydrogen) atoms. The highest BCUT2D eigenvalue weighted by Gasteiger charge is 2.07. The predicted molar refractivity (Wildman–Crippen MR) is 100 cm³/mol. The molecule has 0 atom stereocenters. The van der Waals surface area contributed by atoms with E-state index in [9.17, 15) is 4.79 Å². The molecule has 0 unspecified atom stereocenters. The molecule has 0 aliphatic rings. The quantitative estimate of drug-likeness (QED) is 0.403. The Labute approximate surface area is 148 Å². The van der Waals surface area contributed by atoms with Gasteiger partial charge in [-0.3, -0.25) is 10.1 Å². The smallest absolute Gasteiger partial charge is 0.250 e. The zero-order valence-electron chi connectivity index (χ0n) is 12.8. The normalized spacial score (nSPS) is 10.8. The van der Waals surface area contributed by atoms with Crippen molar-refractivity contribution in [2.75, 3.05) is 5.32 Å². The van der Waals surface area contributed by atoms with E-state index in [4.69, 9.17) is 0 Å². The third-order valence-corrected chi connectivity index (χ3v) is 5.11. The highest BCUT2D eigenvalue weighted by atomic mass is 32.2. The van der Waals surface area contributed by atoms with Crippen LogP contribution in [0, 0.1) is 0 Å². The standard InChI is InChI=1S/C18H15N3OS2/c22-16(12-11-14-7-3-1-4-8-14)19-17-20-21-18(24-17)23-13-15-9-5-2-6-10-15/h1-12H,13H2,(H,19,20,22). The molecule has 0 saturated heterocycles. The second kappa shape index (κ2) is 8.42. The highest BCUT2D eigenvalue weighted by Crippen LogP contribution is 2.28. The second-order valence-electron chi connectivity index (χ2n) is 4.88. The van der Waals surface area contributed by atoms with Crippen LogP contribution in [0.25, 0.3) is 6.08 Å². The number of hydrogen-bond donors (Lipinski definition) is 1. The molecule has 120 valence electrons. The van der Waals surface area contributed by atoms with Crippen molar-refractivity contribution in [2.45, 2.75) is 10.1 Å². The zero-order valence-corrected chi connectivity index (χ0v) is 14.4. The summed E-state index contributed by atoms with van der Waals surface area (Å²) in [6, 6.07) is 19.8. The van der Waals surface area contributed by atoms with Crippen molar-refractivity contribution in [3.63, 3.8) is 0 Å². The average Bonchev–Trinajstić information content (AvgIpc) is 3.07. The summed E-state index contributed by atoms with van der Waals surface area (Å²) in [6.45, 7) is 0. The molecule has 0 aliphatic heterocycles. The first-order valence-corrected chi connectivity index (χ1v) is 9.14. The van der Waals surface area contributed by atoms with Crippen LogP contribution >= 0.6 is 23.1 Å². The van der Waals surface area contributed by atoms with Gasteiger partial charge >= 0.3 is 0 Å². The number of anilines is 1. The molecule has 0 radical (unpaired) electrons. The number of thioether (sulfide) groups is 1. The Kier molecular flexibility index (Phi) is 5.76. The molecular formula is C18H15N3OS2. The van der Waals surface area contributed by atoms with Crippen LogP contribution in [0.2, 0.25) is 0 Å². The molecule has 0 spiro atoms. The van der Waals surface area contributed by atoms with Gasteiger partial charge in [0.1, 0.15) is 0 Å². The van der Waals surface area contributed by atoms with Crippen LogP contribution in [-0.2, 0) is 10.5 Å². The molecule has 1 heterocycles. The summed E-state index contributed by atoms with van der Waals surface area (Å²) in [5.74, 6) is 0.617. The molecule has 4 nitrogen and oxygen atoms in total. The maximum Gasteiger partial charge on any atom is 0.250 e. The lowest BCUT2D eigenvalue weighted by molar-refractivity contribution is -0.111. The summed E-state index contributed by atoms with van der Waals surface area (Å²) in [7, 11) is 0. The van der Waals surface area contributed by atoms with Crippen LogP contribution in [0.4, 0.5) is 5.13 Å². The fourth-order valence-corrected chi connectivity index (χ4v) is 3.63. The SMILES string of the molecule is O=C(C=Cc1ccccc1)Nc1nnc(SCc2ccccc2)s1. The van der Waals surface area contributed by atoms with Crippen LogP contribution in [0.5, 0.6) is 0 Å². The molecule has 2 aromatic carbocycles. The molecule has 3 rings (SSSR count). The minimum Gasteiger partial charge on any atom is -0.297 e. The number of nitrogens with zero attached hydrogens (tertiary/aromatic N) is 2. The Morgan fingerprint density at radius 1 is 1.04 bits per heavy atom. The molecule has 1 N–H and O–H groups in total. The molecule has 1 amide bonds. The minimum atomic E-state index is -0.213. The predicted octanol–water partition coefficient (Wildman–Crippen LogP) is 4.48. The van der Waals surface area contributed by atoms with Crippen molar-refractivity contribution >= 4 is 40.2 Å². The molecule has 1 aromatic heterocycles. The van der Waals surface area contributed by atoms with Crippen LogP contribution < -0.4 is 5.32 Å². The van der Waals surface area contributed by atoms with E-state index in [2.05, 4.69) is 27.6 Å². The van der Waals surface area contributed by atoms with Crippen molar-refractivity contribution < 1.29 is 4.79 Å². The van der Waals surface area contributed by atoms with Gasteiger partial charge in [0, 0.05) is 11.8 Å². The number of rotatable bonds is 6. The largest absolute Gasteiger partial charge is 0.297 e. The van der Waals surface area contributed by atoms with Gasteiger partial charge in [0.05, 0.1) is 0 Å². The Bertz CT molecular complexity index is 817. The molecule has 6 heteroatoms. The number of nitrogens with one attached hydrogen (secondary N) is 1. The molecule has 0 bridgehead atoms. The molecular weight excluding hydrogens is 338 g/mol. The molecule has 0 saturated carbocycles. The van der Waals surface area contributed by atoms with Gasteiger partial charge in [0.15, 0.2) is 4.34 Å². The van der Waals surface area contributed by atoms with Gasteiger partial charge in [-0.2, -0.15) is 0 Å². The van der Waals surface area contributed by atoms with E-state index >= 15 is 0 Å². The van der Waals surface area contributed by atoms with Crippen molar-refractivity contribution in [1.29, 1.82) is 0 Å². The number of amides is 1. The van der Waals surface area contributed by atoms with Gasteiger partial charge in [-0.25, -0.2) is 0 Å². The zero-order chi connectivity index (χ0) is 16.6. The monoisotopic (exact) mass is 353 g/mol. The van der Waals surface area contributed by atoms with Crippen LogP contribution in [0.3, 0.4) is 0 Å². The first kappa shape index (κ1) is 16.4. The number of carbonyl (C=O) groups is 1. The number of benzene rings is 2. The number of hydrogen-bond acceptors (Lipinski definition) is 5. The third-order valence-electron chi connectivity index (χ3n) is 3.07. The van der Waals surface area contributed by atoms with E-state index in [-0.39, 0.29) is 5.91 Å². The third kappa shape index (κ3) is 5.04. The first-order valence-electron chi connectivity index (χ1n) is 7.34. The van der Waals surface area contributed by atoms with Crippen molar-refractivity contribution in [3.8, 4) is 0 Å². The van der Waals surface area contributed by atoms with Gasteiger partial charge in [-0.05, 0) is 17.2 Å². The first-order chi connectivity index (χ1) is 11.8. The Morgan fingerprint density at radius 3 is 2.50 bits per heavy atom. The van der Waals surface area contributed by atoms with Crippen molar-refractivity contribution in [3.05, 3.63) is 77.9 Å². The van der Waals surface area contributed by atoms with Gasteiger partial charge < -0.3 is 0 Å². The second-order valence-corrected chi connectivity index (χ2v) is 7.08. The number of aromatic nitrogens is 2. The average molecular weight is 353 g/mol. The maximum atomic E-state index is 11.9. The minimum absolute atomic E-state index is 0.213. The van der Waals surface area contributed by atoms with Crippen LogP contribution in [0.1, 0.15) is 11.1 Å². The Morgan fingerprint density at radius 2 is 1.75 bits per heavy atom. The summed E-state index contributed by atoms with van der Waals surface area (Å²) >= 11 is 2.98. The lowest BCUT2D eigenvalue weighted by Gasteiger charge is -1.97. The van der Waals surface area contributed by atoms with E-state index in [0.717, 1.165) is 15.7 Å². The summed E-state index contributed by atoms with van der Waals surface area (Å²) in [4.78, 5) is 11.9. The highest BCUT2D eigenvalue weighted by molar-refractivity contribution is 8.00. The van der Waals surface area contributed by atoms with Crippen molar-refractivity contribution in [2.24, 2.45) is 0 Å². The Hall–Kier alpha value is -2.44.